The van der Waals surface area contributed by atoms with Crippen molar-refractivity contribution >= 4 is 12.0 Å². The van der Waals surface area contributed by atoms with E-state index in [0.717, 1.165) is 17.1 Å². The zero-order valence-corrected chi connectivity index (χ0v) is 13.0. The van der Waals surface area contributed by atoms with Gasteiger partial charge >= 0.3 is 12.3 Å². The fraction of sp³-hybridized carbons (Fsp3) is 0.833. The van der Waals surface area contributed by atoms with E-state index < -0.39 is 36.4 Å². The molecule has 0 heterocycles. The van der Waals surface area contributed by atoms with Crippen LogP contribution in [-0.2, 0) is 9.53 Å². The summed E-state index contributed by atoms with van der Waals surface area (Å²) in [5.74, 6) is -0.687. The molecule has 0 spiro atoms. The van der Waals surface area contributed by atoms with E-state index in [2.05, 4.69) is 5.32 Å². The molecule has 0 aromatic carbocycles. The number of halogens is 3. The van der Waals surface area contributed by atoms with Gasteiger partial charge in [-0.05, 0) is 27.7 Å². The lowest BCUT2D eigenvalue weighted by atomic mass is 10.2. The van der Waals surface area contributed by atoms with Gasteiger partial charge in [0, 0.05) is 14.1 Å². The largest absolute Gasteiger partial charge is 0.444 e. The summed E-state index contributed by atoms with van der Waals surface area (Å²) in [4.78, 5) is 23.4. The van der Waals surface area contributed by atoms with Crippen molar-refractivity contribution in [3.63, 3.8) is 0 Å². The van der Waals surface area contributed by atoms with Gasteiger partial charge in [-0.25, -0.2) is 9.80 Å². The first kappa shape index (κ1) is 19.5. The number of ether oxygens (including phenoxy) is 1. The average Bonchev–Trinajstić information content (AvgIpc) is 2.21. The van der Waals surface area contributed by atoms with Crippen LogP contribution >= 0.6 is 0 Å². The number of carbonyl (C=O) groups is 2. The van der Waals surface area contributed by atoms with Gasteiger partial charge in [0.05, 0.1) is 0 Å². The molecule has 0 fully saturated rings. The molecular weight excluding hydrogens is 291 g/mol. The minimum Gasteiger partial charge on any atom is -0.444 e. The van der Waals surface area contributed by atoms with Crippen LogP contribution in [0.4, 0.5) is 18.0 Å². The molecule has 0 aliphatic rings. The Kier molecular flexibility index (Phi) is 6.47. The predicted molar refractivity (Wildman–Crippen MR) is 70.3 cm³/mol. The highest BCUT2D eigenvalue weighted by Gasteiger charge is 2.33. The van der Waals surface area contributed by atoms with E-state index in [-0.39, 0.29) is 0 Å². The van der Waals surface area contributed by atoms with Crippen LogP contribution in [0.25, 0.3) is 0 Å². The second-order valence-corrected chi connectivity index (χ2v) is 5.66. The first-order chi connectivity index (χ1) is 9.23. The summed E-state index contributed by atoms with van der Waals surface area (Å²) in [7, 11) is 2.33. The van der Waals surface area contributed by atoms with Crippen LogP contribution in [0.1, 0.15) is 27.7 Å². The smallest absolute Gasteiger partial charge is 0.408 e. The zero-order chi connectivity index (χ0) is 17.0. The standard InChI is InChI=1S/C12H22F3N3O3/c1-8(16-10(20)21-11(2,3)4)9(19)18(6)17(5)7-12(13,14)15/h8H,7H2,1-6H3,(H,16,20)/t8-/m1/s1. The number of alkyl halides is 3. The van der Waals surface area contributed by atoms with Gasteiger partial charge in [-0.15, -0.1) is 0 Å². The van der Waals surface area contributed by atoms with Crippen molar-refractivity contribution in [1.29, 1.82) is 0 Å². The highest BCUT2D eigenvalue weighted by atomic mass is 19.4. The molecule has 124 valence electrons. The van der Waals surface area contributed by atoms with E-state index in [9.17, 15) is 22.8 Å². The molecule has 0 unspecified atom stereocenters. The Morgan fingerprint density at radius 3 is 2.05 bits per heavy atom. The van der Waals surface area contributed by atoms with Crippen molar-refractivity contribution in [2.24, 2.45) is 0 Å². The number of hydrazine groups is 1. The molecule has 0 aliphatic carbocycles. The quantitative estimate of drug-likeness (QED) is 0.804. The zero-order valence-electron chi connectivity index (χ0n) is 13.0. The third kappa shape index (κ3) is 8.38. The highest BCUT2D eigenvalue weighted by Crippen LogP contribution is 2.16. The Balaban J connectivity index is 4.53. The average molecular weight is 313 g/mol. The molecule has 1 atom stereocenters. The molecule has 0 saturated heterocycles. The Morgan fingerprint density at radius 1 is 1.19 bits per heavy atom. The van der Waals surface area contributed by atoms with Gasteiger partial charge in [-0.2, -0.15) is 13.2 Å². The van der Waals surface area contributed by atoms with Crippen molar-refractivity contribution in [2.45, 2.75) is 45.5 Å². The Hall–Kier alpha value is -1.51. The molecule has 21 heavy (non-hydrogen) atoms. The first-order valence-corrected chi connectivity index (χ1v) is 6.28. The van der Waals surface area contributed by atoms with Crippen molar-refractivity contribution < 1.29 is 27.5 Å². The number of alkyl carbamates (subject to hydrolysis) is 1. The third-order valence-corrected chi connectivity index (χ3v) is 2.34. The fourth-order valence-electron chi connectivity index (χ4n) is 1.36. The molecule has 9 heteroatoms. The van der Waals surface area contributed by atoms with Crippen LogP contribution in [-0.4, -0.2) is 60.5 Å². The van der Waals surface area contributed by atoms with E-state index >= 15 is 0 Å². The fourth-order valence-corrected chi connectivity index (χ4v) is 1.36. The summed E-state index contributed by atoms with van der Waals surface area (Å²) in [5, 5.41) is 3.79. The van der Waals surface area contributed by atoms with E-state index in [0.29, 0.717) is 0 Å². The number of nitrogens with zero attached hydrogens (tertiary/aromatic N) is 2. The molecule has 0 aliphatic heterocycles. The Labute approximate surface area is 122 Å². The number of rotatable bonds is 4. The van der Waals surface area contributed by atoms with E-state index in [1.54, 1.807) is 20.8 Å². The van der Waals surface area contributed by atoms with Crippen LogP contribution in [0, 0.1) is 0 Å². The van der Waals surface area contributed by atoms with Gasteiger partial charge in [0.2, 0.25) is 0 Å². The van der Waals surface area contributed by atoms with Crippen LogP contribution < -0.4 is 5.32 Å². The minimum atomic E-state index is -4.43. The summed E-state index contributed by atoms with van der Waals surface area (Å²) < 4.78 is 41.7. The van der Waals surface area contributed by atoms with Crippen molar-refractivity contribution in [3.05, 3.63) is 0 Å². The molecule has 1 N–H and O–H groups in total. The molecule has 0 aromatic rings. The van der Waals surface area contributed by atoms with Gasteiger partial charge in [0.1, 0.15) is 18.2 Å². The summed E-state index contributed by atoms with van der Waals surface area (Å²) >= 11 is 0. The molecule has 2 amide bonds. The lowest BCUT2D eigenvalue weighted by Crippen LogP contribution is -2.53. The minimum absolute atomic E-state index is 0.687. The maximum absolute atomic E-state index is 12.3. The Morgan fingerprint density at radius 2 is 1.67 bits per heavy atom. The SMILES string of the molecule is C[C@@H](NC(=O)OC(C)(C)C)C(=O)N(C)N(C)CC(F)(F)F. The second kappa shape index (κ2) is 6.97. The van der Waals surface area contributed by atoms with E-state index in [1.165, 1.54) is 14.0 Å². The summed E-state index contributed by atoms with van der Waals surface area (Å²) in [6.07, 6.45) is -5.24. The van der Waals surface area contributed by atoms with Crippen LogP contribution in [0.15, 0.2) is 0 Å². The van der Waals surface area contributed by atoms with Gasteiger partial charge in [-0.1, -0.05) is 0 Å². The van der Waals surface area contributed by atoms with E-state index in [1.807, 2.05) is 0 Å². The van der Waals surface area contributed by atoms with Crippen molar-refractivity contribution in [2.75, 3.05) is 20.6 Å². The maximum Gasteiger partial charge on any atom is 0.408 e. The molecule has 0 rings (SSSR count). The molecule has 0 radical (unpaired) electrons. The number of likely N-dealkylation sites (N-methyl/N-ethyl adjacent to an activating group) is 1. The first-order valence-electron chi connectivity index (χ1n) is 6.28. The number of amides is 2. The topological polar surface area (TPSA) is 61.9 Å². The summed E-state index contributed by atoms with van der Waals surface area (Å²) in [6, 6.07) is -1.01. The van der Waals surface area contributed by atoms with Crippen molar-refractivity contribution in [1.82, 2.24) is 15.3 Å². The molecular formula is C12H22F3N3O3. The molecule has 0 aromatic heterocycles. The normalized spacial score (nSPS) is 13.8. The monoisotopic (exact) mass is 313 g/mol. The van der Waals surface area contributed by atoms with Gasteiger partial charge in [-0.3, -0.25) is 9.80 Å². The number of hydrogen-bond acceptors (Lipinski definition) is 4. The number of carbonyl (C=O) groups excluding carboxylic acids is 2. The molecule has 0 saturated carbocycles. The lowest BCUT2D eigenvalue weighted by molar-refractivity contribution is -0.179. The van der Waals surface area contributed by atoms with Crippen molar-refractivity contribution in [3.8, 4) is 0 Å². The summed E-state index contributed by atoms with van der Waals surface area (Å²) in [5.41, 5.74) is -0.730. The van der Waals surface area contributed by atoms with Gasteiger partial charge < -0.3 is 10.1 Å². The maximum atomic E-state index is 12.3. The van der Waals surface area contributed by atoms with E-state index in [4.69, 9.17) is 4.74 Å². The Bertz CT molecular complexity index is 380. The van der Waals surface area contributed by atoms with Crippen LogP contribution in [0.3, 0.4) is 0 Å². The second-order valence-electron chi connectivity index (χ2n) is 5.66. The molecule has 6 nitrogen and oxygen atoms in total. The highest BCUT2D eigenvalue weighted by molar-refractivity contribution is 5.84. The number of hydrogen-bond donors (Lipinski definition) is 1. The van der Waals surface area contributed by atoms with Gasteiger partial charge in [0.25, 0.3) is 5.91 Å². The van der Waals surface area contributed by atoms with Gasteiger partial charge in [0.15, 0.2) is 0 Å². The summed E-state index contributed by atoms with van der Waals surface area (Å²) in [6.45, 7) is 5.06. The van der Waals surface area contributed by atoms with Crippen LogP contribution in [0.2, 0.25) is 0 Å². The lowest BCUT2D eigenvalue weighted by Gasteiger charge is -2.31. The van der Waals surface area contributed by atoms with Crippen LogP contribution in [0.5, 0.6) is 0 Å². The molecule has 0 bridgehead atoms. The third-order valence-electron chi connectivity index (χ3n) is 2.34. The predicted octanol–water partition coefficient (Wildman–Crippen LogP) is 1.77. The number of nitrogens with one attached hydrogen (secondary N) is 1.